The normalized spacial score (nSPS) is 11.5. The maximum atomic E-state index is 5.79. The monoisotopic (exact) mass is 389 g/mol. The zero-order valence-corrected chi connectivity index (χ0v) is 17.7. The molecule has 0 atom stereocenters. The molecule has 2 aromatic heterocycles. The molecule has 2 rings (SSSR count). The summed E-state index contributed by atoms with van der Waals surface area (Å²) in [7, 11) is 0. The van der Waals surface area contributed by atoms with Crippen LogP contribution < -0.4 is 15.4 Å². The Hall–Kier alpha value is -2.15. The SMILES string of the molecule is CCCCOc1ncccc1CN=C(NCC)NCCc1nc(C)c(C)s1. The number of hydrogen-bond donors (Lipinski definition) is 2. The van der Waals surface area contributed by atoms with E-state index in [2.05, 4.69) is 53.3 Å². The van der Waals surface area contributed by atoms with Gasteiger partial charge in [0, 0.05) is 36.1 Å². The van der Waals surface area contributed by atoms with Crippen LogP contribution in [0.2, 0.25) is 0 Å². The number of aromatic nitrogens is 2. The third-order valence-electron chi connectivity index (χ3n) is 4.04. The Labute approximate surface area is 166 Å². The van der Waals surface area contributed by atoms with Crippen LogP contribution in [-0.2, 0) is 13.0 Å². The second-order valence-corrected chi connectivity index (χ2v) is 7.58. The molecule has 0 spiro atoms. The van der Waals surface area contributed by atoms with E-state index in [4.69, 9.17) is 4.74 Å². The van der Waals surface area contributed by atoms with Gasteiger partial charge in [0.05, 0.1) is 23.9 Å². The van der Waals surface area contributed by atoms with Crippen LogP contribution in [-0.4, -0.2) is 35.6 Å². The van der Waals surface area contributed by atoms with Crippen LogP contribution in [0.1, 0.15) is 47.8 Å². The number of pyridine rings is 1. The Kier molecular flexibility index (Phi) is 9.04. The second kappa shape index (κ2) is 11.5. The second-order valence-electron chi connectivity index (χ2n) is 6.29. The number of thiazole rings is 1. The molecule has 0 unspecified atom stereocenters. The van der Waals surface area contributed by atoms with Crippen molar-refractivity contribution in [3.05, 3.63) is 39.5 Å². The lowest BCUT2D eigenvalue weighted by molar-refractivity contribution is 0.294. The minimum absolute atomic E-state index is 0.528. The largest absolute Gasteiger partial charge is 0.477 e. The van der Waals surface area contributed by atoms with E-state index in [9.17, 15) is 0 Å². The van der Waals surface area contributed by atoms with E-state index < -0.39 is 0 Å². The number of nitrogens with zero attached hydrogens (tertiary/aromatic N) is 3. The molecular weight excluding hydrogens is 358 g/mol. The van der Waals surface area contributed by atoms with E-state index in [1.165, 1.54) is 4.88 Å². The molecule has 2 aromatic rings. The predicted octanol–water partition coefficient (Wildman–Crippen LogP) is 3.63. The van der Waals surface area contributed by atoms with Gasteiger partial charge in [0.1, 0.15) is 0 Å². The fraction of sp³-hybridized carbons (Fsp3) is 0.550. The van der Waals surface area contributed by atoms with Gasteiger partial charge in [0.15, 0.2) is 5.96 Å². The van der Waals surface area contributed by atoms with Crippen LogP contribution in [0.15, 0.2) is 23.3 Å². The maximum absolute atomic E-state index is 5.79. The summed E-state index contributed by atoms with van der Waals surface area (Å²) in [6.07, 6.45) is 4.78. The maximum Gasteiger partial charge on any atom is 0.218 e. The molecule has 0 amide bonds. The third kappa shape index (κ3) is 7.17. The van der Waals surface area contributed by atoms with Crippen molar-refractivity contribution in [3.63, 3.8) is 0 Å². The van der Waals surface area contributed by atoms with Gasteiger partial charge in [-0.15, -0.1) is 11.3 Å². The Balaban J connectivity index is 1.92. The highest BCUT2D eigenvalue weighted by molar-refractivity contribution is 7.11. The van der Waals surface area contributed by atoms with Crippen LogP contribution in [0.25, 0.3) is 0 Å². The minimum atomic E-state index is 0.528. The molecule has 0 radical (unpaired) electrons. The standard InChI is InChI=1S/C20H31N5OS/c1-5-7-13-26-19-17(9-8-11-22-19)14-24-20(21-6-2)23-12-10-18-25-15(3)16(4)27-18/h8-9,11H,5-7,10,12-14H2,1-4H3,(H2,21,23,24). The van der Waals surface area contributed by atoms with Crippen LogP contribution >= 0.6 is 11.3 Å². The molecule has 0 aliphatic carbocycles. The first-order valence-corrected chi connectivity index (χ1v) is 10.5. The van der Waals surface area contributed by atoms with Crippen LogP contribution in [0, 0.1) is 13.8 Å². The van der Waals surface area contributed by atoms with Gasteiger partial charge < -0.3 is 15.4 Å². The smallest absolute Gasteiger partial charge is 0.218 e. The molecule has 0 aliphatic heterocycles. The van der Waals surface area contributed by atoms with Gasteiger partial charge >= 0.3 is 0 Å². The molecule has 0 fully saturated rings. The van der Waals surface area contributed by atoms with Crippen LogP contribution in [0.4, 0.5) is 0 Å². The van der Waals surface area contributed by atoms with Gasteiger partial charge in [-0.05, 0) is 33.3 Å². The quantitative estimate of drug-likeness (QED) is 0.369. The number of ether oxygens (including phenoxy) is 1. The first-order chi connectivity index (χ1) is 13.1. The molecular formula is C20H31N5OS. The van der Waals surface area contributed by atoms with E-state index >= 15 is 0 Å². The van der Waals surface area contributed by atoms with Gasteiger partial charge in [0.25, 0.3) is 0 Å². The van der Waals surface area contributed by atoms with Crippen molar-refractivity contribution in [3.8, 4) is 5.88 Å². The van der Waals surface area contributed by atoms with E-state index in [1.807, 2.05) is 12.1 Å². The summed E-state index contributed by atoms with van der Waals surface area (Å²) in [5, 5.41) is 7.83. The van der Waals surface area contributed by atoms with E-state index in [0.29, 0.717) is 19.0 Å². The topological polar surface area (TPSA) is 71.4 Å². The Morgan fingerprint density at radius 3 is 2.81 bits per heavy atom. The molecule has 2 N–H and O–H groups in total. The van der Waals surface area contributed by atoms with Crippen molar-refractivity contribution < 1.29 is 4.74 Å². The van der Waals surface area contributed by atoms with Crippen molar-refractivity contribution in [1.82, 2.24) is 20.6 Å². The van der Waals surface area contributed by atoms with Crippen LogP contribution in [0.5, 0.6) is 5.88 Å². The van der Waals surface area contributed by atoms with Crippen LogP contribution in [0.3, 0.4) is 0 Å². The first-order valence-electron chi connectivity index (χ1n) is 9.65. The Morgan fingerprint density at radius 2 is 2.11 bits per heavy atom. The highest BCUT2D eigenvalue weighted by Gasteiger charge is 2.06. The average molecular weight is 390 g/mol. The summed E-state index contributed by atoms with van der Waals surface area (Å²) in [4.78, 5) is 14.9. The summed E-state index contributed by atoms with van der Waals surface area (Å²) in [6.45, 7) is 11.2. The average Bonchev–Trinajstić information content (AvgIpc) is 2.98. The van der Waals surface area contributed by atoms with E-state index in [0.717, 1.165) is 54.6 Å². The van der Waals surface area contributed by atoms with Gasteiger partial charge in [-0.2, -0.15) is 0 Å². The number of nitrogens with one attached hydrogen (secondary N) is 2. The number of hydrogen-bond acceptors (Lipinski definition) is 5. The number of aryl methyl sites for hydroxylation is 2. The molecule has 2 heterocycles. The lowest BCUT2D eigenvalue weighted by Crippen LogP contribution is -2.38. The molecule has 0 saturated carbocycles. The number of unbranched alkanes of at least 4 members (excludes halogenated alkanes) is 1. The Morgan fingerprint density at radius 1 is 1.26 bits per heavy atom. The minimum Gasteiger partial charge on any atom is -0.477 e. The lowest BCUT2D eigenvalue weighted by atomic mass is 10.2. The molecule has 27 heavy (non-hydrogen) atoms. The van der Waals surface area contributed by atoms with Crippen molar-refractivity contribution in [2.75, 3.05) is 19.7 Å². The highest BCUT2D eigenvalue weighted by atomic mass is 32.1. The van der Waals surface area contributed by atoms with Gasteiger partial charge in [-0.3, -0.25) is 0 Å². The van der Waals surface area contributed by atoms with Crippen molar-refractivity contribution in [2.45, 2.75) is 53.5 Å². The number of rotatable bonds is 10. The Bertz CT molecular complexity index is 709. The zero-order valence-electron chi connectivity index (χ0n) is 16.8. The molecule has 148 valence electrons. The molecule has 0 aliphatic rings. The fourth-order valence-electron chi connectivity index (χ4n) is 2.43. The molecule has 0 bridgehead atoms. The van der Waals surface area contributed by atoms with Gasteiger partial charge in [0.2, 0.25) is 5.88 Å². The molecule has 7 heteroatoms. The summed E-state index contributed by atoms with van der Waals surface area (Å²) in [6, 6.07) is 3.94. The van der Waals surface area contributed by atoms with Gasteiger partial charge in [-0.1, -0.05) is 19.4 Å². The molecule has 6 nitrogen and oxygen atoms in total. The van der Waals surface area contributed by atoms with E-state index in [1.54, 1.807) is 17.5 Å². The third-order valence-corrected chi connectivity index (χ3v) is 5.18. The molecule has 0 aromatic carbocycles. The first kappa shape index (κ1) is 21.2. The van der Waals surface area contributed by atoms with E-state index in [-0.39, 0.29) is 0 Å². The van der Waals surface area contributed by atoms with Crippen molar-refractivity contribution in [2.24, 2.45) is 4.99 Å². The zero-order chi connectivity index (χ0) is 19.5. The van der Waals surface area contributed by atoms with Gasteiger partial charge in [-0.25, -0.2) is 15.0 Å². The molecule has 0 saturated heterocycles. The summed E-state index contributed by atoms with van der Waals surface area (Å²) >= 11 is 1.76. The number of guanidine groups is 1. The predicted molar refractivity (Wildman–Crippen MR) is 113 cm³/mol. The summed E-state index contributed by atoms with van der Waals surface area (Å²) < 4.78 is 5.79. The fourth-order valence-corrected chi connectivity index (χ4v) is 3.36. The highest BCUT2D eigenvalue weighted by Crippen LogP contribution is 2.17. The summed E-state index contributed by atoms with van der Waals surface area (Å²) in [5.74, 6) is 1.48. The lowest BCUT2D eigenvalue weighted by Gasteiger charge is -2.12. The van der Waals surface area contributed by atoms with Crippen molar-refractivity contribution >= 4 is 17.3 Å². The van der Waals surface area contributed by atoms with Crippen molar-refractivity contribution in [1.29, 1.82) is 0 Å². The number of aliphatic imine (C=N–C) groups is 1. The summed E-state index contributed by atoms with van der Waals surface area (Å²) in [5.41, 5.74) is 2.12.